The number of nitrogens with zero attached hydrogens (tertiary/aromatic N) is 1. The van der Waals surface area contributed by atoms with Gasteiger partial charge in [0.05, 0.1) is 19.8 Å². The van der Waals surface area contributed by atoms with Gasteiger partial charge in [0, 0.05) is 42.3 Å². The van der Waals surface area contributed by atoms with E-state index in [1.165, 1.54) is 27.8 Å². The number of benzene rings is 3. The molecule has 2 heterocycles. The van der Waals surface area contributed by atoms with Crippen molar-refractivity contribution in [1.29, 1.82) is 0 Å². The van der Waals surface area contributed by atoms with Crippen LogP contribution in [-0.4, -0.2) is 25.0 Å². The molecular formula is C28H25NO3. The number of hydrogen-bond acceptors (Lipinski definition) is 3. The Bertz CT molecular complexity index is 1300. The van der Waals surface area contributed by atoms with Crippen LogP contribution in [-0.2, 0) is 16.9 Å². The molecule has 4 atom stereocenters. The van der Waals surface area contributed by atoms with Gasteiger partial charge in [-0.3, -0.25) is 4.79 Å². The van der Waals surface area contributed by atoms with Gasteiger partial charge in [-0.05, 0) is 40.3 Å². The number of ether oxygens (including phenoxy) is 2. The summed E-state index contributed by atoms with van der Waals surface area (Å²) in [6, 6.07) is 21.8. The molecular weight excluding hydrogens is 398 g/mol. The Morgan fingerprint density at radius 3 is 2.44 bits per heavy atom. The van der Waals surface area contributed by atoms with Crippen molar-refractivity contribution < 1.29 is 14.3 Å². The summed E-state index contributed by atoms with van der Waals surface area (Å²) in [6.45, 7) is 0.593. The summed E-state index contributed by atoms with van der Waals surface area (Å²) in [5, 5.41) is 0. The second kappa shape index (κ2) is 6.16. The van der Waals surface area contributed by atoms with Crippen molar-refractivity contribution >= 4 is 5.91 Å². The quantitative estimate of drug-likeness (QED) is 0.578. The Labute approximate surface area is 187 Å². The highest BCUT2D eigenvalue weighted by Gasteiger charge is 2.66. The third-order valence-corrected chi connectivity index (χ3v) is 8.51. The molecule has 4 aliphatic rings. The van der Waals surface area contributed by atoms with Crippen LogP contribution in [0.2, 0.25) is 0 Å². The summed E-state index contributed by atoms with van der Waals surface area (Å²) in [4.78, 5) is 15.8. The SMILES string of the molecule is COc1cc2c(c(OC)c1)[C@@H]1C[C@H]3c4ccccc4[C@H]4CC(=O)N(C2)[C@]41c1ccccc13. The highest BCUT2D eigenvalue weighted by Crippen LogP contribution is 2.70. The van der Waals surface area contributed by atoms with Crippen LogP contribution in [0.4, 0.5) is 0 Å². The highest BCUT2D eigenvalue weighted by molar-refractivity contribution is 5.85. The molecule has 1 fully saturated rings. The van der Waals surface area contributed by atoms with E-state index in [-0.39, 0.29) is 23.3 Å². The zero-order valence-corrected chi connectivity index (χ0v) is 18.3. The Kier molecular flexibility index (Phi) is 3.52. The fourth-order valence-electron chi connectivity index (χ4n) is 7.48. The zero-order valence-electron chi connectivity index (χ0n) is 18.3. The second-order valence-corrected chi connectivity index (χ2v) is 9.52. The van der Waals surface area contributed by atoms with Crippen molar-refractivity contribution in [2.24, 2.45) is 0 Å². The van der Waals surface area contributed by atoms with E-state index in [1.807, 2.05) is 6.07 Å². The molecule has 0 radical (unpaired) electrons. The van der Waals surface area contributed by atoms with Crippen molar-refractivity contribution in [1.82, 2.24) is 4.90 Å². The van der Waals surface area contributed by atoms with Crippen LogP contribution in [0.1, 0.15) is 64.0 Å². The lowest BCUT2D eigenvalue weighted by molar-refractivity contribution is -0.134. The third-order valence-electron chi connectivity index (χ3n) is 8.51. The lowest BCUT2D eigenvalue weighted by atomic mass is 9.58. The van der Waals surface area contributed by atoms with Gasteiger partial charge in [-0.1, -0.05) is 48.5 Å². The molecule has 1 spiro atoms. The molecule has 2 bridgehead atoms. The number of carbonyl (C=O) groups is 1. The van der Waals surface area contributed by atoms with E-state index >= 15 is 0 Å². The predicted molar refractivity (Wildman–Crippen MR) is 121 cm³/mol. The number of methoxy groups -OCH3 is 2. The third kappa shape index (κ3) is 1.97. The summed E-state index contributed by atoms with van der Waals surface area (Å²) in [7, 11) is 3.43. The molecule has 2 aliphatic carbocycles. The number of amides is 1. The molecule has 1 amide bonds. The second-order valence-electron chi connectivity index (χ2n) is 9.52. The van der Waals surface area contributed by atoms with Crippen molar-refractivity contribution in [3.8, 4) is 11.5 Å². The number of rotatable bonds is 2. The Hall–Kier alpha value is -3.27. The van der Waals surface area contributed by atoms with Gasteiger partial charge in [-0.25, -0.2) is 0 Å². The molecule has 32 heavy (non-hydrogen) atoms. The van der Waals surface area contributed by atoms with Crippen LogP contribution in [0.15, 0.2) is 60.7 Å². The monoisotopic (exact) mass is 423 g/mol. The zero-order chi connectivity index (χ0) is 21.6. The van der Waals surface area contributed by atoms with Crippen LogP contribution in [0.3, 0.4) is 0 Å². The first-order valence-electron chi connectivity index (χ1n) is 11.4. The van der Waals surface area contributed by atoms with Crippen LogP contribution in [0, 0.1) is 0 Å². The molecule has 0 unspecified atom stereocenters. The summed E-state index contributed by atoms with van der Waals surface area (Å²) in [5.41, 5.74) is 7.50. The van der Waals surface area contributed by atoms with Gasteiger partial charge in [0.15, 0.2) is 0 Å². The van der Waals surface area contributed by atoms with Gasteiger partial charge in [0.2, 0.25) is 5.91 Å². The Morgan fingerprint density at radius 1 is 0.906 bits per heavy atom. The van der Waals surface area contributed by atoms with Crippen LogP contribution in [0.5, 0.6) is 11.5 Å². The minimum atomic E-state index is -0.369. The standard InChI is InChI=1S/C28H25NO3/c1-31-17-11-16-15-29-26(30)14-23-19-8-4-3-7-18(19)21-13-24(27(16)25(12-17)32-2)28(23,29)22-10-6-5-9-20(21)22/h3-12,21,23-24H,13-15H2,1-2H3/t21-,23+,24-,28+/m0/s1. The van der Waals surface area contributed by atoms with E-state index in [1.54, 1.807) is 14.2 Å². The first kappa shape index (κ1) is 18.3. The lowest BCUT2D eigenvalue weighted by Gasteiger charge is -2.54. The Balaban J connectivity index is 1.61. The first-order valence-corrected chi connectivity index (χ1v) is 11.4. The van der Waals surface area contributed by atoms with E-state index in [2.05, 4.69) is 59.5 Å². The van der Waals surface area contributed by atoms with Crippen molar-refractivity contribution in [3.05, 3.63) is 94.0 Å². The van der Waals surface area contributed by atoms with E-state index in [4.69, 9.17) is 9.47 Å². The maximum Gasteiger partial charge on any atom is 0.224 e. The van der Waals surface area contributed by atoms with Crippen molar-refractivity contribution in [3.63, 3.8) is 0 Å². The molecule has 0 N–H and O–H groups in total. The molecule has 3 aromatic carbocycles. The number of carbonyl (C=O) groups excluding carboxylic acids is 1. The fourth-order valence-corrected chi connectivity index (χ4v) is 7.48. The first-order chi connectivity index (χ1) is 15.7. The minimum Gasteiger partial charge on any atom is -0.497 e. The summed E-state index contributed by atoms with van der Waals surface area (Å²) in [6.07, 6.45) is 1.53. The largest absolute Gasteiger partial charge is 0.497 e. The molecule has 0 saturated carbocycles. The van der Waals surface area contributed by atoms with Gasteiger partial charge >= 0.3 is 0 Å². The van der Waals surface area contributed by atoms with Gasteiger partial charge < -0.3 is 14.4 Å². The molecule has 2 aliphatic heterocycles. The Morgan fingerprint density at radius 2 is 1.66 bits per heavy atom. The molecule has 7 rings (SSSR count). The van der Waals surface area contributed by atoms with E-state index in [9.17, 15) is 4.79 Å². The maximum atomic E-state index is 13.6. The van der Waals surface area contributed by atoms with Crippen LogP contribution < -0.4 is 9.47 Å². The summed E-state index contributed by atoms with van der Waals surface area (Å²) in [5.74, 6) is 2.55. The molecule has 4 heteroatoms. The normalized spacial score (nSPS) is 28.4. The van der Waals surface area contributed by atoms with E-state index in [0.29, 0.717) is 18.9 Å². The van der Waals surface area contributed by atoms with E-state index < -0.39 is 0 Å². The van der Waals surface area contributed by atoms with Crippen molar-refractivity contribution in [2.45, 2.75) is 42.7 Å². The number of fused-ring (bicyclic) bond motifs is 5. The number of hydrogen-bond donors (Lipinski definition) is 0. The minimum absolute atomic E-state index is 0.143. The molecule has 1 saturated heterocycles. The van der Waals surface area contributed by atoms with Crippen LogP contribution in [0.25, 0.3) is 0 Å². The molecule has 3 aromatic rings. The summed E-state index contributed by atoms with van der Waals surface area (Å²) >= 11 is 0. The average Bonchev–Trinajstić information content (AvgIpc) is 3.01. The average molecular weight is 424 g/mol. The van der Waals surface area contributed by atoms with E-state index in [0.717, 1.165) is 23.5 Å². The van der Waals surface area contributed by atoms with Crippen LogP contribution >= 0.6 is 0 Å². The van der Waals surface area contributed by atoms with Crippen molar-refractivity contribution in [2.75, 3.05) is 14.2 Å². The van der Waals surface area contributed by atoms with Gasteiger partial charge in [-0.2, -0.15) is 0 Å². The smallest absolute Gasteiger partial charge is 0.224 e. The maximum absolute atomic E-state index is 13.6. The van der Waals surface area contributed by atoms with Gasteiger partial charge in [0.25, 0.3) is 0 Å². The molecule has 0 aromatic heterocycles. The lowest BCUT2D eigenvalue weighted by Crippen LogP contribution is -2.54. The summed E-state index contributed by atoms with van der Waals surface area (Å²) < 4.78 is 11.5. The topological polar surface area (TPSA) is 38.8 Å². The predicted octanol–water partition coefficient (Wildman–Crippen LogP) is 5.06. The van der Waals surface area contributed by atoms with Gasteiger partial charge in [0.1, 0.15) is 11.5 Å². The molecule has 160 valence electrons. The highest BCUT2D eigenvalue weighted by atomic mass is 16.5. The fraction of sp³-hybridized carbons (Fsp3) is 0.321. The molecule has 4 nitrogen and oxygen atoms in total. The van der Waals surface area contributed by atoms with Gasteiger partial charge in [-0.15, -0.1) is 0 Å².